The number of rotatable bonds is 7. The van der Waals surface area contributed by atoms with E-state index >= 15 is 0 Å². The minimum atomic E-state index is -3.78. The van der Waals surface area contributed by atoms with Crippen molar-refractivity contribution in [2.75, 3.05) is 13.1 Å². The van der Waals surface area contributed by atoms with Gasteiger partial charge in [0.25, 0.3) is 0 Å². The van der Waals surface area contributed by atoms with Gasteiger partial charge in [0.05, 0.1) is 17.0 Å². The fourth-order valence-corrected chi connectivity index (χ4v) is 3.25. The summed E-state index contributed by atoms with van der Waals surface area (Å²) in [6.07, 6.45) is 0.583. The molecule has 0 aliphatic rings. The molecule has 0 saturated carbocycles. The number of hydrogen-bond donors (Lipinski definition) is 1. The van der Waals surface area contributed by atoms with Crippen molar-refractivity contribution >= 4 is 21.8 Å². The maximum absolute atomic E-state index is 12.4. The maximum Gasteiger partial charge on any atom is 0.335 e. The number of nitrogens with zero attached hydrogens (tertiary/aromatic N) is 1. The summed E-state index contributed by atoms with van der Waals surface area (Å²) >= 11 is 0. The first-order valence-electron chi connectivity index (χ1n) is 6.12. The van der Waals surface area contributed by atoms with Crippen molar-refractivity contribution in [3.05, 3.63) is 29.8 Å². The summed E-state index contributed by atoms with van der Waals surface area (Å²) in [5, 5.41) is 8.79. The lowest BCUT2D eigenvalue weighted by Gasteiger charge is -2.20. The van der Waals surface area contributed by atoms with E-state index in [1.165, 1.54) is 31.2 Å². The van der Waals surface area contributed by atoms with Crippen LogP contribution in [0.3, 0.4) is 0 Å². The molecule has 0 aliphatic carbocycles. The van der Waals surface area contributed by atoms with E-state index in [9.17, 15) is 18.0 Å². The molecule has 0 heterocycles. The number of ketones is 1. The number of Topliss-reactive ketones (excluding diaryl/α,β-unsaturated/α-hetero) is 1. The Morgan fingerprint density at radius 3 is 2.15 bits per heavy atom. The van der Waals surface area contributed by atoms with Crippen molar-refractivity contribution in [2.45, 2.75) is 25.2 Å². The van der Waals surface area contributed by atoms with Crippen molar-refractivity contribution in [1.82, 2.24) is 4.31 Å². The van der Waals surface area contributed by atoms with E-state index in [2.05, 4.69) is 0 Å². The van der Waals surface area contributed by atoms with Gasteiger partial charge in [-0.1, -0.05) is 6.92 Å². The second kappa shape index (κ2) is 6.62. The second-order valence-corrected chi connectivity index (χ2v) is 6.31. The third kappa shape index (κ3) is 3.88. The van der Waals surface area contributed by atoms with Crippen LogP contribution in [0.5, 0.6) is 0 Å². The Morgan fingerprint density at radius 1 is 1.20 bits per heavy atom. The third-order valence-electron chi connectivity index (χ3n) is 2.61. The Morgan fingerprint density at radius 2 is 1.75 bits per heavy atom. The Balaban J connectivity index is 3.11. The Bertz CT molecular complexity index is 592. The van der Waals surface area contributed by atoms with Gasteiger partial charge >= 0.3 is 5.97 Å². The molecule has 0 aromatic heterocycles. The first-order valence-corrected chi connectivity index (χ1v) is 7.56. The summed E-state index contributed by atoms with van der Waals surface area (Å²) in [7, 11) is -3.78. The lowest BCUT2D eigenvalue weighted by atomic mass is 10.2. The molecule has 0 radical (unpaired) electrons. The van der Waals surface area contributed by atoms with Crippen LogP contribution in [0.4, 0.5) is 0 Å². The highest BCUT2D eigenvalue weighted by Crippen LogP contribution is 2.17. The number of carboxylic acids is 1. The summed E-state index contributed by atoms with van der Waals surface area (Å²) in [5.74, 6) is -1.37. The quantitative estimate of drug-likeness (QED) is 0.821. The predicted molar refractivity (Wildman–Crippen MR) is 73.1 cm³/mol. The number of benzene rings is 1. The van der Waals surface area contributed by atoms with Crippen molar-refractivity contribution in [2.24, 2.45) is 0 Å². The molecule has 1 rings (SSSR count). The van der Waals surface area contributed by atoms with E-state index in [0.29, 0.717) is 6.42 Å². The molecule has 0 aliphatic heterocycles. The van der Waals surface area contributed by atoms with E-state index in [-0.39, 0.29) is 29.3 Å². The predicted octanol–water partition coefficient (Wildman–Crippen LogP) is 1.37. The minimum Gasteiger partial charge on any atom is -0.478 e. The molecule has 0 spiro atoms. The van der Waals surface area contributed by atoms with Crippen LogP contribution in [0.15, 0.2) is 29.2 Å². The summed E-state index contributed by atoms with van der Waals surface area (Å²) in [6.45, 7) is 3.20. The molecule has 7 heteroatoms. The zero-order valence-corrected chi connectivity index (χ0v) is 12.2. The number of hydrogen-bond acceptors (Lipinski definition) is 4. The summed E-state index contributed by atoms with van der Waals surface area (Å²) in [4.78, 5) is 21.9. The largest absolute Gasteiger partial charge is 0.478 e. The van der Waals surface area contributed by atoms with Gasteiger partial charge in [-0.25, -0.2) is 13.2 Å². The number of carbonyl (C=O) groups is 2. The van der Waals surface area contributed by atoms with E-state index in [0.717, 1.165) is 4.31 Å². The molecule has 1 N–H and O–H groups in total. The number of carbonyl (C=O) groups excluding carboxylic acids is 1. The monoisotopic (exact) mass is 299 g/mol. The summed E-state index contributed by atoms with van der Waals surface area (Å²) in [6, 6.07) is 4.93. The van der Waals surface area contributed by atoms with E-state index in [4.69, 9.17) is 5.11 Å². The average molecular weight is 299 g/mol. The highest BCUT2D eigenvalue weighted by molar-refractivity contribution is 7.89. The van der Waals surface area contributed by atoms with Crippen LogP contribution in [0.2, 0.25) is 0 Å². The second-order valence-electron chi connectivity index (χ2n) is 4.37. The van der Waals surface area contributed by atoms with E-state index in [1.807, 2.05) is 6.92 Å². The van der Waals surface area contributed by atoms with Gasteiger partial charge in [0.15, 0.2) is 0 Å². The third-order valence-corrected chi connectivity index (χ3v) is 4.47. The Hall–Kier alpha value is -1.73. The molecule has 0 saturated heterocycles. The smallest absolute Gasteiger partial charge is 0.335 e. The number of carboxylic acid groups (broad SMARTS) is 1. The first-order chi connectivity index (χ1) is 9.28. The summed E-state index contributed by atoms with van der Waals surface area (Å²) in [5.41, 5.74) is 0.0116. The number of aromatic carboxylic acids is 1. The fourth-order valence-electron chi connectivity index (χ4n) is 1.70. The van der Waals surface area contributed by atoms with E-state index in [1.54, 1.807) is 0 Å². The molecule has 0 atom stereocenters. The molecule has 0 unspecified atom stereocenters. The van der Waals surface area contributed by atoms with Gasteiger partial charge < -0.3 is 5.11 Å². The molecule has 1 aromatic carbocycles. The van der Waals surface area contributed by atoms with Gasteiger partial charge in [-0.2, -0.15) is 4.31 Å². The van der Waals surface area contributed by atoms with Crippen molar-refractivity contribution in [1.29, 1.82) is 0 Å². The van der Waals surface area contributed by atoms with E-state index < -0.39 is 16.0 Å². The van der Waals surface area contributed by atoms with Crippen molar-refractivity contribution < 1.29 is 23.1 Å². The average Bonchev–Trinajstić information content (AvgIpc) is 2.37. The van der Waals surface area contributed by atoms with Gasteiger partial charge in [-0.3, -0.25) is 4.79 Å². The molecule has 0 amide bonds. The van der Waals surface area contributed by atoms with Gasteiger partial charge in [0.1, 0.15) is 5.78 Å². The molecule has 0 fully saturated rings. The zero-order chi connectivity index (χ0) is 15.3. The summed E-state index contributed by atoms with van der Waals surface area (Å²) < 4.78 is 25.8. The molecule has 1 aromatic rings. The lowest BCUT2D eigenvalue weighted by Crippen LogP contribution is -2.35. The zero-order valence-electron chi connectivity index (χ0n) is 11.4. The standard InChI is InChI=1S/C13H17NO5S/c1-3-8-14(9-10(2)15)20(18,19)12-6-4-11(5-7-12)13(16)17/h4-7H,3,8-9H2,1-2H3,(H,16,17). The Labute approximate surface area is 118 Å². The van der Waals surface area contributed by atoms with Crippen LogP contribution in [0.1, 0.15) is 30.6 Å². The molecule has 0 bridgehead atoms. The number of sulfonamides is 1. The van der Waals surface area contributed by atoms with Crippen LogP contribution in [-0.4, -0.2) is 42.7 Å². The Kier molecular flexibility index (Phi) is 5.41. The molecular formula is C13H17NO5S. The lowest BCUT2D eigenvalue weighted by molar-refractivity contribution is -0.117. The SMILES string of the molecule is CCCN(CC(C)=O)S(=O)(=O)c1ccc(C(=O)O)cc1. The van der Waals surface area contributed by atoms with Crippen LogP contribution in [0, 0.1) is 0 Å². The highest BCUT2D eigenvalue weighted by Gasteiger charge is 2.24. The highest BCUT2D eigenvalue weighted by atomic mass is 32.2. The topological polar surface area (TPSA) is 91.8 Å². The van der Waals surface area contributed by atoms with Crippen molar-refractivity contribution in [3.8, 4) is 0 Å². The van der Waals surface area contributed by atoms with Crippen LogP contribution in [0.25, 0.3) is 0 Å². The van der Waals surface area contributed by atoms with Gasteiger partial charge in [0.2, 0.25) is 10.0 Å². The first kappa shape index (κ1) is 16.3. The minimum absolute atomic E-state index is 0.0116. The molecule has 20 heavy (non-hydrogen) atoms. The van der Waals surface area contributed by atoms with Gasteiger partial charge in [-0.05, 0) is 37.6 Å². The normalized spacial score (nSPS) is 11.6. The molecule has 6 nitrogen and oxygen atoms in total. The maximum atomic E-state index is 12.4. The van der Waals surface area contributed by atoms with Crippen LogP contribution in [-0.2, 0) is 14.8 Å². The van der Waals surface area contributed by atoms with Gasteiger partial charge in [-0.15, -0.1) is 0 Å². The fraction of sp³-hybridized carbons (Fsp3) is 0.385. The van der Waals surface area contributed by atoms with Gasteiger partial charge in [0, 0.05) is 6.54 Å². The van der Waals surface area contributed by atoms with Crippen molar-refractivity contribution in [3.63, 3.8) is 0 Å². The van der Waals surface area contributed by atoms with Crippen LogP contribution < -0.4 is 0 Å². The van der Waals surface area contributed by atoms with Crippen LogP contribution >= 0.6 is 0 Å². The molecule has 110 valence electrons. The molecular weight excluding hydrogens is 282 g/mol.